The van der Waals surface area contributed by atoms with E-state index in [0.29, 0.717) is 56.9 Å². The molecule has 58 heavy (non-hydrogen) atoms. The van der Waals surface area contributed by atoms with E-state index < -0.39 is 77.8 Å². The third kappa shape index (κ3) is 11.7. The first kappa shape index (κ1) is 47.9. The van der Waals surface area contributed by atoms with Crippen molar-refractivity contribution in [2.75, 3.05) is 27.9 Å². The summed E-state index contributed by atoms with van der Waals surface area (Å²) in [5, 5.41) is 34.1. The van der Waals surface area contributed by atoms with Gasteiger partial charge in [-0.25, -0.2) is 4.79 Å². The summed E-state index contributed by atoms with van der Waals surface area (Å²) in [6, 6.07) is -1.14. The minimum atomic E-state index is -2.47. The molecule has 0 radical (unpaired) electrons. The van der Waals surface area contributed by atoms with E-state index in [2.05, 4.69) is 13.5 Å². The van der Waals surface area contributed by atoms with Gasteiger partial charge >= 0.3 is 5.97 Å². The van der Waals surface area contributed by atoms with Gasteiger partial charge in [0.1, 0.15) is 17.9 Å². The molecule has 1 amide bonds. The number of amides is 1. The second-order valence-electron chi connectivity index (χ2n) is 17.7. The van der Waals surface area contributed by atoms with Crippen molar-refractivity contribution >= 4 is 23.4 Å². The Morgan fingerprint density at radius 3 is 2.29 bits per heavy atom. The highest BCUT2D eigenvalue weighted by atomic mass is 16.7. The number of fused-ring (bicyclic) bond motifs is 3. The molecule has 0 spiro atoms. The molecule has 0 unspecified atom stereocenters. The molecule has 1 saturated carbocycles. The van der Waals surface area contributed by atoms with Crippen molar-refractivity contribution < 1.29 is 58.2 Å². The van der Waals surface area contributed by atoms with Gasteiger partial charge < -0.3 is 43.9 Å². The van der Waals surface area contributed by atoms with Crippen LogP contribution in [0.25, 0.3) is 0 Å². The standard InChI is InChI=1S/C45H71NO12/c1-10-13-32-19-26(2)18-27(3)20-33(54-7)24-40-39(56-9)22-29(5)45(53,58-40)42(50)43(51)46-17-12-11-14-34(46)44(52)57-41(30(6)36(48)25-37(32)49)28(4)21-31-15-16-35(47)38(23-31)55-8/h10,19,21,27,29-36,38-41,47-48,53H,1,11-18,20,22-25H2,2-9H3/b26-19?,28-21+/t27-,29+,30+,31-,32+,33-,34-,35+,36-,38+,39-,40+,41+,45+/m0/s1. The molecule has 0 aromatic rings. The molecule has 1 aliphatic carbocycles. The average molecular weight is 818 g/mol. The van der Waals surface area contributed by atoms with Crippen molar-refractivity contribution in [3.05, 3.63) is 36.0 Å². The first-order chi connectivity index (χ1) is 27.5. The molecule has 3 aliphatic heterocycles. The van der Waals surface area contributed by atoms with Crippen LogP contribution < -0.4 is 0 Å². The lowest BCUT2D eigenvalue weighted by molar-refractivity contribution is -0.289. The number of methoxy groups -OCH3 is 3. The van der Waals surface area contributed by atoms with Gasteiger partial charge in [0, 0.05) is 58.5 Å². The largest absolute Gasteiger partial charge is 0.456 e. The lowest BCUT2D eigenvalue weighted by Crippen LogP contribution is -2.63. The van der Waals surface area contributed by atoms with Crippen molar-refractivity contribution in [2.24, 2.45) is 29.6 Å². The van der Waals surface area contributed by atoms with Crippen LogP contribution in [0.15, 0.2) is 36.0 Å². The number of piperidine rings is 1. The normalized spacial score (nSPS) is 39.8. The molecule has 4 rings (SSSR count). The number of nitrogens with zero attached hydrogens (tertiary/aromatic N) is 1. The Morgan fingerprint density at radius 2 is 1.64 bits per heavy atom. The van der Waals surface area contributed by atoms with Crippen LogP contribution in [-0.2, 0) is 42.9 Å². The predicted octanol–water partition coefficient (Wildman–Crippen LogP) is 5.03. The van der Waals surface area contributed by atoms with E-state index in [4.69, 9.17) is 23.7 Å². The number of esters is 1. The number of aliphatic hydroxyl groups is 3. The molecule has 328 valence electrons. The Kier molecular flexibility index (Phi) is 17.9. The number of allylic oxidation sites excluding steroid dienone is 4. The second-order valence-corrected chi connectivity index (χ2v) is 17.7. The number of ketones is 2. The summed E-state index contributed by atoms with van der Waals surface area (Å²) in [6.07, 6.45) is 6.02. The fourth-order valence-electron chi connectivity index (χ4n) is 9.60. The topological polar surface area (TPSA) is 178 Å². The minimum absolute atomic E-state index is 0.0100. The number of carbonyl (C=O) groups is 4. The van der Waals surface area contributed by atoms with Crippen molar-refractivity contribution in [3.8, 4) is 0 Å². The van der Waals surface area contributed by atoms with Crippen molar-refractivity contribution in [3.63, 3.8) is 0 Å². The maximum atomic E-state index is 14.3. The van der Waals surface area contributed by atoms with E-state index >= 15 is 0 Å². The molecule has 3 heterocycles. The predicted molar refractivity (Wildman–Crippen MR) is 217 cm³/mol. The van der Waals surface area contributed by atoms with Crippen LogP contribution in [0.1, 0.15) is 112 Å². The highest BCUT2D eigenvalue weighted by Crippen LogP contribution is 2.39. The molecule has 0 aromatic carbocycles. The van der Waals surface area contributed by atoms with Crippen LogP contribution >= 0.6 is 0 Å². The number of cyclic esters (lactones) is 1. The van der Waals surface area contributed by atoms with Gasteiger partial charge in [0.2, 0.25) is 5.79 Å². The Hall–Kier alpha value is -2.78. The monoisotopic (exact) mass is 817 g/mol. The molecule has 13 heteroatoms. The van der Waals surface area contributed by atoms with Gasteiger partial charge in [-0.1, -0.05) is 44.6 Å². The van der Waals surface area contributed by atoms with Crippen LogP contribution in [-0.4, -0.2) is 126 Å². The number of rotatable bonds is 7. The number of hydrogen-bond donors (Lipinski definition) is 3. The first-order valence-electron chi connectivity index (χ1n) is 21.4. The lowest BCUT2D eigenvalue weighted by atomic mass is 9.81. The summed E-state index contributed by atoms with van der Waals surface area (Å²) < 4.78 is 29.7. The van der Waals surface area contributed by atoms with Crippen molar-refractivity contribution in [1.29, 1.82) is 0 Å². The fraction of sp³-hybridized carbons (Fsp3) is 0.778. The van der Waals surface area contributed by atoms with Gasteiger partial charge in [-0.15, -0.1) is 6.58 Å². The summed E-state index contributed by atoms with van der Waals surface area (Å²) in [5.74, 6) is -7.53. The maximum Gasteiger partial charge on any atom is 0.329 e. The number of Topliss-reactive ketones (excluding diaryl/α,β-unsaturated/α-hetero) is 2. The van der Waals surface area contributed by atoms with Crippen LogP contribution in [0.4, 0.5) is 0 Å². The van der Waals surface area contributed by atoms with Gasteiger partial charge in [0.15, 0.2) is 0 Å². The Balaban J connectivity index is 1.76. The van der Waals surface area contributed by atoms with Crippen molar-refractivity contribution in [1.82, 2.24) is 4.90 Å². The minimum Gasteiger partial charge on any atom is -0.456 e. The van der Waals surface area contributed by atoms with Gasteiger partial charge in [-0.05, 0) is 95.5 Å². The molecular formula is C45H71NO12. The molecule has 14 atom stereocenters. The van der Waals surface area contributed by atoms with Gasteiger partial charge in [0.25, 0.3) is 11.7 Å². The molecule has 0 aromatic heterocycles. The zero-order valence-corrected chi connectivity index (χ0v) is 36.1. The van der Waals surface area contributed by atoms with E-state index in [1.54, 1.807) is 41.3 Å². The highest BCUT2D eigenvalue weighted by Gasteiger charge is 2.55. The van der Waals surface area contributed by atoms with E-state index in [1.807, 2.05) is 26.0 Å². The Bertz CT molecular complexity index is 1500. The van der Waals surface area contributed by atoms with E-state index in [0.717, 1.165) is 5.57 Å². The van der Waals surface area contributed by atoms with E-state index in [-0.39, 0.29) is 62.1 Å². The van der Waals surface area contributed by atoms with Crippen LogP contribution in [0, 0.1) is 29.6 Å². The van der Waals surface area contributed by atoms with E-state index in [9.17, 15) is 34.5 Å². The average Bonchev–Trinajstić information content (AvgIpc) is 3.19. The maximum absolute atomic E-state index is 14.3. The molecule has 13 nitrogen and oxygen atoms in total. The van der Waals surface area contributed by atoms with Gasteiger partial charge in [0.05, 0.1) is 36.6 Å². The molecule has 2 bridgehead atoms. The molecule has 3 N–H and O–H groups in total. The number of ether oxygens (including phenoxy) is 5. The summed E-state index contributed by atoms with van der Waals surface area (Å²) in [4.78, 5) is 57.8. The molecular weight excluding hydrogens is 746 g/mol. The quantitative estimate of drug-likeness (QED) is 0.178. The Labute approximate surface area is 345 Å². The fourth-order valence-corrected chi connectivity index (χ4v) is 9.60. The molecule has 2 saturated heterocycles. The third-order valence-corrected chi connectivity index (χ3v) is 13.1. The summed E-state index contributed by atoms with van der Waals surface area (Å²) >= 11 is 0. The third-order valence-electron chi connectivity index (χ3n) is 13.1. The van der Waals surface area contributed by atoms with Gasteiger partial charge in [-0.3, -0.25) is 14.4 Å². The van der Waals surface area contributed by atoms with E-state index in [1.165, 1.54) is 4.90 Å². The highest BCUT2D eigenvalue weighted by molar-refractivity contribution is 6.39. The smallest absolute Gasteiger partial charge is 0.329 e. The molecule has 4 aliphatic rings. The van der Waals surface area contributed by atoms with Crippen LogP contribution in [0.3, 0.4) is 0 Å². The van der Waals surface area contributed by atoms with Crippen LogP contribution in [0.2, 0.25) is 0 Å². The SMILES string of the molecule is C=CC[C@@H]1C=C(C)C[C@H](C)C[C@H](OC)C[C@H]2O[C@@](O)(C(=O)C(=O)N3CCCC[C@H]3C(=O)O[C@H](/C(C)=C/[C@@H]3CC[C@@H](O)[C@H](OC)C3)[C@H](C)[C@@H](O)CC1=O)[C@H](C)C[C@@H]2OC. The lowest BCUT2D eigenvalue weighted by Gasteiger charge is -2.45. The summed E-state index contributed by atoms with van der Waals surface area (Å²) in [6.45, 7) is 13.2. The zero-order chi connectivity index (χ0) is 42.9. The Morgan fingerprint density at radius 1 is 0.931 bits per heavy atom. The number of aliphatic hydroxyl groups excluding tert-OH is 2. The zero-order valence-electron chi connectivity index (χ0n) is 36.1. The second kappa shape index (κ2) is 21.7. The summed E-state index contributed by atoms with van der Waals surface area (Å²) in [7, 11) is 4.70. The van der Waals surface area contributed by atoms with Crippen LogP contribution in [0.5, 0.6) is 0 Å². The molecule has 3 fully saturated rings. The van der Waals surface area contributed by atoms with Crippen molar-refractivity contribution in [2.45, 2.75) is 166 Å². The number of hydrogen-bond acceptors (Lipinski definition) is 12. The number of carbonyl (C=O) groups excluding carboxylic acids is 4. The summed E-state index contributed by atoms with van der Waals surface area (Å²) in [5.41, 5.74) is 1.65. The first-order valence-corrected chi connectivity index (χ1v) is 21.4. The van der Waals surface area contributed by atoms with Gasteiger partial charge in [-0.2, -0.15) is 0 Å².